The summed E-state index contributed by atoms with van der Waals surface area (Å²) in [6, 6.07) is 5.99. The lowest BCUT2D eigenvalue weighted by Crippen LogP contribution is -2.49. The van der Waals surface area contributed by atoms with Gasteiger partial charge in [0.2, 0.25) is 0 Å². The van der Waals surface area contributed by atoms with Gasteiger partial charge in [-0.15, -0.1) is 0 Å². The van der Waals surface area contributed by atoms with Crippen molar-refractivity contribution < 1.29 is 9.53 Å². The molecule has 0 spiro atoms. The van der Waals surface area contributed by atoms with Gasteiger partial charge in [0, 0.05) is 54.9 Å². The number of aryl methyl sites for hydroxylation is 2. The number of carbonyl (C=O) groups is 1. The highest BCUT2D eigenvalue weighted by molar-refractivity contribution is 5.68. The zero-order valence-corrected chi connectivity index (χ0v) is 30.0. The van der Waals surface area contributed by atoms with Crippen molar-refractivity contribution in [1.29, 1.82) is 0 Å². The first-order valence-electron chi connectivity index (χ1n) is 18.4. The van der Waals surface area contributed by atoms with E-state index in [9.17, 15) is 4.79 Å². The minimum atomic E-state index is -0.530. The number of piperidine rings is 1. The molecule has 5 nitrogen and oxygen atoms in total. The van der Waals surface area contributed by atoms with Crippen LogP contribution in [-0.4, -0.2) is 46.7 Å². The highest BCUT2D eigenvalue weighted by atomic mass is 16.6. The summed E-state index contributed by atoms with van der Waals surface area (Å²) in [6.07, 6.45) is 15.5. The van der Waals surface area contributed by atoms with E-state index in [-0.39, 0.29) is 17.9 Å². The summed E-state index contributed by atoms with van der Waals surface area (Å²) >= 11 is 0. The van der Waals surface area contributed by atoms with Gasteiger partial charge in [0.05, 0.1) is 0 Å². The van der Waals surface area contributed by atoms with Crippen LogP contribution in [0.3, 0.4) is 0 Å². The van der Waals surface area contributed by atoms with E-state index < -0.39 is 5.60 Å². The zero-order chi connectivity index (χ0) is 32.7. The van der Waals surface area contributed by atoms with Crippen LogP contribution in [-0.2, 0) is 30.5 Å². The Labute approximate surface area is 276 Å². The number of nitrogens with one attached hydrogen (secondary N) is 1. The summed E-state index contributed by atoms with van der Waals surface area (Å²) in [4.78, 5) is 18.0. The molecule has 4 rings (SSSR count). The Morgan fingerprint density at radius 1 is 1.07 bits per heavy atom. The third kappa shape index (κ3) is 10.3. The van der Waals surface area contributed by atoms with Gasteiger partial charge in [-0.05, 0) is 120 Å². The second kappa shape index (κ2) is 15.9. The smallest absolute Gasteiger partial charge is 0.410 e. The predicted octanol–water partition coefficient (Wildman–Crippen LogP) is 9.58. The summed E-state index contributed by atoms with van der Waals surface area (Å²) in [7, 11) is 0. The number of hydrogen-bond acceptors (Lipinski definition) is 4. The quantitative estimate of drug-likeness (QED) is 0.199. The van der Waals surface area contributed by atoms with Crippen molar-refractivity contribution in [3.8, 4) is 0 Å². The molecule has 1 N–H and O–H groups in total. The fourth-order valence-electron chi connectivity index (χ4n) is 7.54. The third-order valence-corrected chi connectivity index (χ3v) is 10.1. The number of likely N-dealkylation sites (tertiary alicyclic amines) is 1. The Morgan fingerprint density at radius 2 is 1.78 bits per heavy atom. The number of carbonyl (C=O) groups excluding carboxylic acids is 1. The lowest BCUT2D eigenvalue weighted by Gasteiger charge is -2.43. The fourth-order valence-corrected chi connectivity index (χ4v) is 7.54. The van der Waals surface area contributed by atoms with E-state index in [0.29, 0.717) is 31.1 Å². The molecule has 45 heavy (non-hydrogen) atoms. The molecule has 2 aliphatic carbocycles. The number of fused-ring (bicyclic) bond motifs is 1. The van der Waals surface area contributed by atoms with Crippen molar-refractivity contribution in [3.63, 3.8) is 0 Å². The van der Waals surface area contributed by atoms with E-state index in [1.54, 1.807) is 16.7 Å². The molecule has 3 atom stereocenters. The van der Waals surface area contributed by atoms with E-state index in [1.807, 2.05) is 25.7 Å². The van der Waals surface area contributed by atoms with Gasteiger partial charge < -0.3 is 19.9 Å². The van der Waals surface area contributed by atoms with Crippen molar-refractivity contribution in [2.75, 3.05) is 13.1 Å². The number of amides is 1. The lowest BCUT2D eigenvalue weighted by atomic mass is 9.84. The van der Waals surface area contributed by atoms with Crippen LogP contribution in [0.5, 0.6) is 0 Å². The van der Waals surface area contributed by atoms with E-state index in [0.717, 1.165) is 31.5 Å². The standard InChI is InChI=1S/C40H65N3O2/c1-10-12-13-16-32-22-31(23-33-17-14-15-18-38(32)33)25-43(37-19-20-37)30(6)35-24-34(29(5)41-36(11-2)21-28(3)4)26-42(27-35)39(44)45-40(7,8)9/h22-23,28,34-37,41H,5-6,10-21,24-27H2,1-4,7-9H3/t34-,35+,36?/m0/s1. The number of nitrogens with zero attached hydrogens (tertiary/aromatic N) is 2. The molecule has 0 aromatic heterocycles. The van der Waals surface area contributed by atoms with E-state index in [1.165, 1.54) is 75.5 Å². The molecule has 1 saturated heterocycles. The van der Waals surface area contributed by atoms with Crippen molar-refractivity contribution in [1.82, 2.24) is 15.1 Å². The maximum atomic E-state index is 13.5. The van der Waals surface area contributed by atoms with Gasteiger partial charge in [0.15, 0.2) is 0 Å². The molecule has 252 valence electrons. The molecule has 1 aliphatic heterocycles. The molecule has 1 heterocycles. The first-order valence-corrected chi connectivity index (χ1v) is 18.4. The average molecular weight is 620 g/mol. The van der Waals surface area contributed by atoms with Crippen molar-refractivity contribution in [2.45, 2.75) is 156 Å². The van der Waals surface area contributed by atoms with Gasteiger partial charge in [-0.3, -0.25) is 0 Å². The van der Waals surface area contributed by atoms with Crippen LogP contribution >= 0.6 is 0 Å². The molecule has 0 bridgehead atoms. The van der Waals surface area contributed by atoms with E-state index in [4.69, 9.17) is 11.3 Å². The summed E-state index contributed by atoms with van der Waals surface area (Å²) in [5.41, 5.74) is 7.99. The largest absolute Gasteiger partial charge is 0.444 e. The summed E-state index contributed by atoms with van der Waals surface area (Å²) in [6.45, 7) is 26.5. The number of unbranched alkanes of at least 4 members (excludes halogenated alkanes) is 2. The first-order chi connectivity index (χ1) is 21.4. The van der Waals surface area contributed by atoms with Crippen LogP contribution in [0, 0.1) is 17.8 Å². The number of ether oxygens (including phenoxy) is 1. The van der Waals surface area contributed by atoms with Crippen molar-refractivity contribution in [3.05, 3.63) is 58.9 Å². The molecule has 1 aromatic rings. The van der Waals surface area contributed by atoms with Gasteiger partial charge in [0.1, 0.15) is 5.60 Å². The monoisotopic (exact) mass is 620 g/mol. The molecule has 1 amide bonds. The van der Waals surface area contributed by atoms with Gasteiger partial charge in [-0.1, -0.05) is 65.8 Å². The van der Waals surface area contributed by atoms with E-state index in [2.05, 4.69) is 56.6 Å². The molecule has 1 saturated carbocycles. The van der Waals surface area contributed by atoms with Gasteiger partial charge in [0.25, 0.3) is 0 Å². The third-order valence-electron chi connectivity index (χ3n) is 10.1. The lowest BCUT2D eigenvalue weighted by molar-refractivity contribution is 0.0119. The van der Waals surface area contributed by atoms with Gasteiger partial charge in [-0.25, -0.2) is 4.79 Å². The normalized spacial score (nSPS) is 20.8. The Kier molecular flexibility index (Phi) is 12.5. The maximum Gasteiger partial charge on any atom is 0.410 e. The average Bonchev–Trinajstić information content (AvgIpc) is 3.83. The molecule has 1 unspecified atom stereocenters. The van der Waals surface area contributed by atoms with Crippen LogP contribution in [0.4, 0.5) is 4.79 Å². The molecule has 5 heteroatoms. The Bertz CT molecular complexity index is 1160. The minimum Gasteiger partial charge on any atom is -0.444 e. The molecular weight excluding hydrogens is 554 g/mol. The molecule has 2 fully saturated rings. The van der Waals surface area contributed by atoms with Gasteiger partial charge in [-0.2, -0.15) is 0 Å². The second-order valence-electron chi connectivity index (χ2n) is 15.8. The predicted molar refractivity (Wildman–Crippen MR) is 189 cm³/mol. The zero-order valence-electron chi connectivity index (χ0n) is 30.0. The second-order valence-corrected chi connectivity index (χ2v) is 15.8. The van der Waals surface area contributed by atoms with Crippen molar-refractivity contribution >= 4 is 6.09 Å². The van der Waals surface area contributed by atoms with E-state index >= 15 is 0 Å². The van der Waals surface area contributed by atoms with Crippen LogP contribution in [0.2, 0.25) is 0 Å². The summed E-state index contributed by atoms with van der Waals surface area (Å²) < 4.78 is 5.90. The highest BCUT2D eigenvalue weighted by Crippen LogP contribution is 2.39. The number of rotatable bonds is 15. The minimum absolute atomic E-state index is 0.157. The van der Waals surface area contributed by atoms with Crippen LogP contribution in [0.15, 0.2) is 36.7 Å². The Balaban J connectivity index is 1.56. The van der Waals surface area contributed by atoms with Crippen LogP contribution < -0.4 is 5.32 Å². The maximum absolute atomic E-state index is 13.5. The van der Waals surface area contributed by atoms with Crippen molar-refractivity contribution in [2.24, 2.45) is 17.8 Å². The fraction of sp³-hybridized carbons (Fsp3) is 0.725. The number of hydrogen-bond donors (Lipinski definition) is 1. The molecule has 0 radical (unpaired) electrons. The number of benzene rings is 1. The van der Waals surface area contributed by atoms with Crippen LogP contribution in [0.25, 0.3) is 0 Å². The summed E-state index contributed by atoms with van der Waals surface area (Å²) in [5, 5.41) is 3.78. The van der Waals surface area contributed by atoms with Crippen LogP contribution in [0.1, 0.15) is 135 Å². The highest BCUT2D eigenvalue weighted by Gasteiger charge is 2.39. The first kappa shape index (κ1) is 35.4. The Morgan fingerprint density at radius 3 is 2.42 bits per heavy atom. The van der Waals surface area contributed by atoms with Gasteiger partial charge >= 0.3 is 6.09 Å². The topological polar surface area (TPSA) is 44.8 Å². The summed E-state index contributed by atoms with van der Waals surface area (Å²) in [5.74, 6) is 0.946. The molecule has 1 aromatic carbocycles. The SMILES string of the molecule is C=C(NC(CC)CC(C)C)[C@H]1C[C@@H](C(=C)N(Cc2cc(CCCCC)c3c(c2)CCCC3)C2CC2)CN(C(=O)OC(C)(C)C)C1. The molecular formula is C40H65N3O2. The Hall–Kier alpha value is -2.43. The molecule has 3 aliphatic rings.